The predicted molar refractivity (Wildman–Crippen MR) is 55.7 cm³/mol. The first-order valence-corrected chi connectivity index (χ1v) is 5.09. The minimum absolute atomic E-state index is 0.0435. The lowest BCUT2D eigenvalue weighted by Crippen LogP contribution is -2.47. The van der Waals surface area contributed by atoms with Gasteiger partial charge >= 0.3 is 5.97 Å². The quantitative estimate of drug-likeness (QED) is 0.301. The number of carbonyl (C=O) groups excluding carboxylic acids is 3. The van der Waals surface area contributed by atoms with Crippen molar-refractivity contribution in [1.82, 2.24) is 0 Å². The summed E-state index contributed by atoms with van der Waals surface area (Å²) in [6, 6.07) is 0. The Kier molecular flexibility index (Phi) is 5.50. The average Bonchev–Trinajstić information content (AvgIpc) is 2.16. The van der Waals surface area contributed by atoms with Crippen LogP contribution in [0.15, 0.2) is 0 Å². The molecule has 0 fully saturated rings. The van der Waals surface area contributed by atoms with E-state index < -0.39 is 22.5 Å². The van der Waals surface area contributed by atoms with E-state index >= 15 is 0 Å². The first-order valence-electron chi connectivity index (χ1n) is 4.72. The minimum Gasteiger partial charge on any atom is -0.464 e. The normalized spacial score (nSPS) is 16.3. The standard InChI is InChI=1S/C10H15ClO4/c1-4-15-9(14)10(11,8(3)13)7(2)5-6-12/h6-7H,4-5H2,1-3H3. The van der Waals surface area contributed by atoms with Crippen molar-refractivity contribution in [2.45, 2.75) is 32.1 Å². The van der Waals surface area contributed by atoms with Crippen LogP contribution in [0, 0.1) is 5.92 Å². The maximum Gasteiger partial charge on any atom is 0.335 e. The number of hydrogen-bond acceptors (Lipinski definition) is 4. The van der Waals surface area contributed by atoms with Gasteiger partial charge in [0.1, 0.15) is 6.29 Å². The molecule has 0 aromatic heterocycles. The fourth-order valence-electron chi connectivity index (χ4n) is 1.23. The van der Waals surface area contributed by atoms with E-state index in [-0.39, 0.29) is 13.0 Å². The Morgan fingerprint density at radius 3 is 2.40 bits per heavy atom. The van der Waals surface area contributed by atoms with Crippen molar-refractivity contribution in [1.29, 1.82) is 0 Å². The predicted octanol–water partition coefficient (Wildman–Crippen LogP) is 1.34. The molecule has 0 rings (SSSR count). The summed E-state index contributed by atoms with van der Waals surface area (Å²) in [7, 11) is 0. The molecule has 0 aliphatic heterocycles. The molecule has 0 aliphatic carbocycles. The van der Waals surface area contributed by atoms with Crippen molar-refractivity contribution in [3.8, 4) is 0 Å². The molecular formula is C10H15ClO4. The third-order valence-electron chi connectivity index (χ3n) is 2.21. The lowest BCUT2D eigenvalue weighted by Gasteiger charge is -2.27. The van der Waals surface area contributed by atoms with Gasteiger partial charge in [-0.3, -0.25) is 4.79 Å². The molecule has 0 aromatic rings. The highest BCUT2D eigenvalue weighted by Gasteiger charge is 2.47. The molecule has 2 atom stereocenters. The van der Waals surface area contributed by atoms with Gasteiger partial charge in [0.05, 0.1) is 6.61 Å². The molecule has 15 heavy (non-hydrogen) atoms. The topological polar surface area (TPSA) is 60.4 Å². The highest BCUT2D eigenvalue weighted by atomic mass is 35.5. The SMILES string of the molecule is CCOC(=O)C(Cl)(C(C)=O)C(C)CC=O. The Hall–Kier alpha value is -0.900. The molecule has 2 unspecified atom stereocenters. The van der Waals surface area contributed by atoms with E-state index in [0.29, 0.717) is 6.29 Å². The zero-order valence-corrected chi connectivity index (χ0v) is 9.84. The number of hydrogen-bond donors (Lipinski definition) is 0. The van der Waals surface area contributed by atoms with Gasteiger partial charge < -0.3 is 9.53 Å². The number of aldehydes is 1. The van der Waals surface area contributed by atoms with Crippen molar-refractivity contribution in [3.05, 3.63) is 0 Å². The summed E-state index contributed by atoms with van der Waals surface area (Å²) in [4.78, 5) is 31.5. The van der Waals surface area contributed by atoms with Crippen molar-refractivity contribution in [3.63, 3.8) is 0 Å². The third-order valence-corrected chi connectivity index (χ3v) is 3.01. The molecule has 0 heterocycles. The molecule has 5 heteroatoms. The number of rotatable bonds is 6. The lowest BCUT2D eigenvalue weighted by molar-refractivity contribution is -0.151. The number of ether oxygens (including phenoxy) is 1. The molecule has 0 amide bonds. The zero-order chi connectivity index (χ0) is 12.1. The summed E-state index contributed by atoms with van der Waals surface area (Å²) >= 11 is 5.95. The fraction of sp³-hybridized carbons (Fsp3) is 0.700. The van der Waals surface area contributed by atoms with Crippen molar-refractivity contribution < 1.29 is 19.1 Å². The fourth-order valence-corrected chi connectivity index (χ4v) is 1.38. The molecule has 0 saturated carbocycles. The highest BCUT2D eigenvalue weighted by molar-refractivity contribution is 6.45. The first-order chi connectivity index (χ1) is 6.91. The molecule has 0 spiro atoms. The largest absolute Gasteiger partial charge is 0.464 e. The average molecular weight is 235 g/mol. The molecule has 0 N–H and O–H groups in total. The van der Waals surface area contributed by atoms with Crippen molar-refractivity contribution in [2.24, 2.45) is 5.92 Å². The van der Waals surface area contributed by atoms with Gasteiger partial charge in [0, 0.05) is 6.42 Å². The molecule has 0 aliphatic rings. The van der Waals surface area contributed by atoms with Gasteiger partial charge in [-0.2, -0.15) is 0 Å². The van der Waals surface area contributed by atoms with Crippen molar-refractivity contribution >= 4 is 29.6 Å². The molecule has 0 radical (unpaired) electrons. The van der Waals surface area contributed by atoms with Crippen LogP contribution in [0.1, 0.15) is 27.2 Å². The van der Waals surface area contributed by atoms with Gasteiger partial charge in [-0.25, -0.2) is 4.79 Å². The summed E-state index contributed by atoms with van der Waals surface area (Å²) in [6.07, 6.45) is 0.672. The van der Waals surface area contributed by atoms with E-state index in [2.05, 4.69) is 0 Å². The Morgan fingerprint density at radius 1 is 1.53 bits per heavy atom. The Bertz CT molecular complexity index is 264. The van der Waals surface area contributed by atoms with Crippen LogP contribution < -0.4 is 0 Å². The van der Waals surface area contributed by atoms with Gasteiger partial charge in [0.25, 0.3) is 0 Å². The number of Topliss-reactive ketones (excluding diaryl/α,β-unsaturated/α-hetero) is 1. The second kappa shape index (κ2) is 5.85. The van der Waals surface area contributed by atoms with Crippen LogP contribution in [0.5, 0.6) is 0 Å². The number of alkyl halides is 1. The molecular weight excluding hydrogens is 220 g/mol. The Morgan fingerprint density at radius 2 is 2.07 bits per heavy atom. The third kappa shape index (κ3) is 3.02. The Balaban J connectivity index is 4.96. The van der Waals surface area contributed by atoms with Gasteiger partial charge in [-0.05, 0) is 19.8 Å². The minimum atomic E-state index is -1.74. The Labute approximate surface area is 93.9 Å². The highest BCUT2D eigenvalue weighted by Crippen LogP contribution is 2.30. The maximum atomic E-state index is 11.5. The van der Waals surface area contributed by atoms with E-state index in [9.17, 15) is 14.4 Å². The van der Waals surface area contributed by atoms with Crippen LogP contribution in [0.4, 0.5) is 0 Å². The summed E-state index contributed by atoms with van der Waals surface area (Å²) in [6.45, 7) is 4.55. The number of carbonyl (C=O) groups is 3. The number of ketones is 1. The van der Waals surface area contributed by atoms with Gasteiger partial charge in [-0.15, -0.1) is 0 Å². The smallest absolute Gasteiger partial charge is 0.335 e. The lowest BCUT2D eigenvalue weighted by atomic mass is 9.87. The van der Waals surface area contributed by atoms with E-state index in [0.717, 1.165) is 0 Å². The maximum absolute atomic E-state index is 11.5. The van der Waals surface area contributed by atoms with Gasteiger partial charge in [0.15, 0.2) is 5.78 Å². The number of esters is 1. The number of halogens is 1. The molecule has 0 bridgehead atoms. The van der Waals surface area contributed by atoms with Crippen LogP contribution in [0.25, 0.3) is 0 Å². The van der Waals surface area contributed by atoms with E-state index in [1.807, 2.05) is 0 Å². The van der Waals surface area contributed by atoms with Crippen LogP contribution in [0.3, 0.4) is 0 Å². The molecule has 4 nitrogen and oxygen atoms in total. The van der Waals surface area contributed by atoms with E-state index in [1.54, 1.807) is 13.8 Å². The summed E-state index contributed by atoms with van der Waals surface area (Å²) in [5.41, 5.74) is 0. The van der Waals surface area contributed by atoms with Crippen LogP contribution in [-0.4, -0.2) is 29.5 Å². The van der Waals surface area contributed by atoms with E-state index in [1.165, 1.54) is 6.92 Å². The van der Waals surface area contributed by atoms with E-state index in [4.69, 9.17) is 16.3 Å². The summed E-state index contributed by atoms with van der Waals surface area (Å²) < 4.78 is 4.73. The summed E-state index contributed by atoms with van der Waals surface area (Å²) in [5, 5.41) is 0. The van der Waals surface area contributed by atoms with Gasteiger partial charge in [0.2, 0.25) is 4.87 Å². The first kappa shape index (κ1) is 14.1. The zero-order valence-electron chi connectivity index (χ0n) is 9.08. The van der Waals surface area contributed by atoms with Crippen LogP contribution in [-0.2, 0) is 19.1 Å². The summed E-state index contributed by atoms with van der Waals surface area (Å²) in [5.74, 6) is -1.86. The van der Waals surface area contributed by atoms with Crippen molar-refractivity contribution in [2.75, 3.05) is 6.61 Å². The van der Waals surface area contributed by atoms with Crippen LogP contribution in [0.2, 0.25) is 0 Å². The second-order valence-electron chi connectivity index (χ2n) is 3.29. The molecule has 0 saturated heterocycles. The molecule has 86 valence electrons. The second-order valence-corrected chi connectivity index (χ2v) is 3.89. The molecule has 0 aromatic carbocycles. The van der Waals surface area contributed by atoms with Crippen LogP contribution >= 0.6 is 11.6 Å². The monoisotopic (exact) mass is 234 g/mol. The van der Waals surface area contributed by atoms with Gasteiger partial charge in [-0.1, -0.05) is 18.5 Å².